The standard InChI is InChI=1S/C15H23N3O2/c1-20-14-9-5-2-6-12(14)10-18(11-15(16)17-19)13-7-3-4-8-13/h2,5-6,9,13,19H,3-4,7-8,10-11H2,1H3,(H2,16,17). The number of rotatable bonds is 6. The van der Waals surface area contributed by atoms with Crippen molar-refractivity contribution in [1.82, 2.24) is 4.90 Å². The summed E-state index contributed by atoms with van der Waals surface area (Å²) < 4.78 is 5.40. The zero-order chi connectivity index (χ0) is 14.4. The van der Waals surface area contributed by atoms with Gasteiger partial charge in [-0.25, -0.2) is 0 Å². The van der Waals surface area contributed by atoms with Gasteiger partial charge in [-0.2, -0.15) is 0 Å². The van der Waals surface area contributed by atoms with Crippen LogP contribution in [-0.2, 0) is 6.54 Å². The van der Waals surface area contributed by atoms with Crippen LogP contribution in [0.5, 0.6) is 5.75 Å². The van der Waals surface area contributed by atoms with Crippen LogP contribution in [0.3, 0.4) is 0 Å². The average molecular weight is 277 g/mol. The summed E-state index contributed by atoms with van der Waals surface area (Å²) in [6.07, 6.45) is 4.86. The number of oxime groups is 1. The van der Waals surface area contributed by atoms with Crippen molar-refractivity contribution >= 4 is 5.84 Å². The molecule has 1 saturated carbocycles. The van der Waals surface area contributed by atoms with Crippen LogP contribution < -0.4 is 10.5 Å². The lowest BCUT2D eigenvalue weighted by Crippen LogP contribution is -2.39. The van der Waals surface area contributed by atoms with Crippen LogP contribution in [0.15, 0.2) is 29.4 Å². The molecule has 1 aliphatic carbocycles. The third-order valence-corrected chi connectivity index (χ3v) is 3.90. The molecule has 0 atom stereocenters. The lowest BCUT2D eigenvalue weighted by Gasteiger charge is -2.28. The van der Waals surface area contributed by atoms with Crippen LogP contribution in [-0.4, -0.2) is 35.6 Å². The Morgan fingerprint density at radius 1 is 1.40 bits per heavy atom. The van der Waals surface area contributed by atoms with Gasteiger partial charge in [0.05, 0.1) is 13.7 Å². The fourth-order valence-corrected chi connectivity index (χ4v) is 2.88. The highest BCUT2D eigenvalue weighted by atomic mass is 16.5. The van der Waals surface area contributed by atoms with Crippen molar-refractivity contribution in [2.75, 3.05) is 13.7 Å². The van der Waals surface area contributed by atoms with E-state index in [-0.39, 0.29) is 5.84 Å². The summed E-state index contributed by atoms with van der Waals surface area (Å²) in [5.41, 5.74) is 6.82. The average Bonchev–Trinajstić information content (AvgIpc) is 3.01. The Hall–Kier alpha value is -1.75. The minimum atomic E-state index is 0.256. The molecule has 0 unspecified atom stereocenters. The van der Waals surface area contributed by atoms with Gasteiger partial charge in [-0.1, -0.05) is 36.2 Å². The van der Waals surface area contributed by atoms with Gasteiger partial charge in [0.25, 0.3) is 0 Å². The molecule has 5 nitrogen and oxygen atoms in total. The predicted octanol–water partition coefficient (Wildman–Crippen LogP) is 2.19. The highest BCUT2D eigenvalue weighted by Crippen LogP contribution is 2.27. The third kappa shape index (κ3) is 3.63. The SMILES string of the molecule is COc1ccccc1CN(CC(N)=NO)C1CCCC1. The monoisotopic (exact) mass is 277 g/mol. The van der Waals surface area contributed by atoms with E-state index in [1.807, 2.05) is 18.2 Å². The quantitative estimate of drug-likeness (QED) is 0.362. The first-order valence-electron chi connectivity index (χ1n) is 7.07. The summed E-state index contributed by atoms with van der Waals surface area (Å²) in [5.74, 6) is 1.14. The zero-order valence-corrected chi connectivity index (χ0v) is 12.0. The Labute approximate surface area is 120 Å². The van der Waals surface area contributed by atoms with Gasteiger partial charge in [0.2, 0.25) is 0 Å². The van der Waals surface area contributed by atoms with Gasteiger partial charge >= 0.3 is 0 Å². The van der Waals surface area contributed by atoms with Gasteiger partial charge in [-0.05, 0) is 18.9 Å². The second-order valence-corrected chi connectivity index (χ2v) is 5.25. The summed E-state index contributed by atoms with van der Waals surface area (Å²) in [6, 6.07) is 8.50. The minimum Gasteiger partial charge on any atom is -0.496 e. The summed E-state index contributed by atoms with van der Waals surface area (Å²) in [5, 5.41) is 11.9. The normalized spacial score (nSPS) is 16.8. The van der Waals surface area contributed by atoms with Crippen molar-refractivity contribution in [3.8, 4) is 5.75 Å². The van der Waals surface area contributed by atoms with Crippen molar-refractivity contribution in [2.24, 2.45) is 10.9 Å². The smallest absolute Gasteiger partial charge is 0.153 e. The van der Waals surface area contributed by atoms with Gasteiger partial charge in [-0.15, -0.1) is 0 Å². The fraction of sp³-hybridized carbons (Fsp3) is 0.533. The number of ether oxygens (including phenoxy) is 1. The van der Waals surface area contributed by atoms with Crippen molar-refractivity contribution < 1.29 is 9.94 Å². The Bertz CT molecular complexity index is 456. The number of nitrogens with zero attached hydrogens (tertiary/aromatic N) is 2. The van der Waals surface area contributed by atoms with E-state index in [0.717, 1.165) is 17.9 Å². The molecule has 3 N–H and O–H groups in total. The number of hydrogen-bond acceptors (Lipinski definition) is 4. The Balaban J connectivity index is 2.13. The fourth-order valence-electron chi connectivity index (χ4n) is 2.88. The molecule has 1 aromatic carbocycles. The first kappa shape index (κ1) is 14.7. The molecule has 0 spiro atoms. The molecule has 0 aromatic heterocycles. The molecule has 0 aliphatic heterocycles. The summed E-state index contributed by atoms with van der Waals surface area (Å²) >= 11 is 0. The Kier molecular flexibility index (Phi) is 5.24. The largest absolute Gasteiger partial charge is 0.496 e. The van der Waals surface area contributed by atoms with Crippen LogP contribution in [0.1, 0.15) is 31.2 Å². The number of benzene rings is 1. The van der Waals surface area contributed by atoms with E-state index in [1.165, 1.54) is 25.7 Å². The summed E-state index contributed by atoms with van der Waals surface area (Å²) in [6.45, 7) is 1.24. The van der Waals surface area contributed by atoms with Crippen LogP contribution in [0.25, 0.3) is 0 Å². The Morgan fingerprint density at radius 2 is 2.10 bits per heavy atom. The first-order valence-corrected chi connectivity index (χ1v) is 7.07. The summed E-state index contributed by atoms with van der Waals surface area (Å²) in [7, 11) is 1.68. The van der Waals surface area contributed by atoms with Crippen LogP contribution in [0, 0.1) is 0 Å². The molecular formula is C15H23N3O2. The maximum atomic E-state index is 8.80. The van der Waals surface area contributed by atoms with E-state index in [2.05, 4.69) is 16.1 Å². The molecular weight excluding hydrogens is 254 g/mol. The molecule has 0 radical (unpaired) electrons. The second kappa shape index (κ2) is 7.14. The van der Waals surface area contributed by atoms with E-state index < -0.39 is 0 Å². The molecule has 0 bridgehead atoms. The van der Waals surface area contributed by atoms with E-state index in [1.54, 1.807) is 7.11 Å². The maximum absolute atomic E-state index is 8.80. The molecule has 20 heavy (non-hydrogen) atoms. The van der Waals surface area contributed by atoms with Crippen LogP contribution in [0.4, 0.5) is 0 Å². The van der Waals surface area contributed by atoms with E-state index in [0.29, 0.717) is 12.6 Å². The molecule has 1 aromatic rings. The zero-order valence-electron chi connectivity index (χ0n) is 12.0. The van der Waals surface area contributed by atoms with Crippen molar-refractivity contribution in [3.05, 3.63) is 29.8 Å². The second-order valence-electron chi connectivity index (χ2n) is 5.25. The topological polar surface area (TPSA) is 71.1 Å². The molecule has 0 amide bonds. The van der Waals surface area contributed by atoms with Crippen molar-refractivity contribution in [2.45, 2.75) is 38.3 Å². The van der Waals surface area contributed by atoms with Crippen molar-refractivity contribution in [1.29, 1.82) is 0 Å². The van der Waals surface area contributed by atoms with E-state index in [9.17, 15) is 0 Å². The predicted molar refractivity (Wildman–Crippen MR) is 79.1 cm³/mol. The van der Waals surface area contributed by atoms with Gasteiger partial charge < -0.3 is 15.7 Å². The molecule has 5 heteroatoms. The van der Waals surface area contributed by atoms with Crippen LogP contribution >= 0.6 is 0 Å². The number of hydrogen-bond donors (Lipinski definition) is 2. The number of amidine groups is 1. The van der Waals surface area contributed by atoms with Gasteiger partial charge in [-0.3, -0.25) is 4.90 Å². The van der Waals surface area contributed by atoms with Crippen LogP contribution in [0.2, 0.25) is 0 Å². The molecule has 0 saturated heterocycles. The van der Waals surface area contributed by atoms with E-state index >= 15 is 0 Å². The molecule has 1 aliphatic rings. The number of methoxy groups -OCH3 is 1. The van der Waals surface area contributed by atoms with Gasteiger partial charge in [0, 0.05) is 18.2 Å². The third-order valence-electron chi connectivity index (χ3n) is 3.90. The first-order chi connectivity index (χ1) is 9.74. The minimum absolute atomic E-state index is 0.256. The van der Waals surface area contributed by atoms with E-state index in [4.69, 9.17) is 15.7 Å². The summed E-state index contributed by atoms with van der Waals surface area (Å²) in [4.78, 5) is 2.28. The van der Waals surface area contributed by atoms with Gasteiger partial charge in [0.15, 0.2) is 5.84 Å². The maximum Gasteiger partial charge on any atom is 0.153 e. The number of para-hydroxylation sites is 1. The molecule has 1 fully saturated rings. The van der Waals surface area contributed by atoms with Crippen molar-refractivity contribution in [3.63, 3.8) is 0 Å². The highest BCUT2D eigenvalue weighted by molar-refractivity contribution is 5.81. The lowest BCUT2D eigenvalue weighted by molar-refractivity contribution is 0.211. The Morgan fingerprint density at radius 3 is 2.75 bits per heavy atom. The highest BCUT2D eigenvalue weighted by Gasteiger charge is 2.24. The molecule has 110 valence electrons. The van der Waals surface area contributed by atoms with Gasteiger partial charge in [0.1, 0.15) is 5.75 Å². The molecule has 0 heterocycles. The lowest BCUT2D eigenvalue weighted by atomic mass is 10.1. The number of nitrogens with two attached hydrogens (primary N) is 1. The molecule has 2 rings (SSSR count).